The van der Waals surface area contributed by atoms with Gasteiger partial charge in [-0.3, -0.25) is 0 Å². The van der Waals surface area contributed by atoms with Gasteiger partial charge >= 0.3 is 0 Å². The minimum absolute atomic E-state index is 0.390. The van der Waals surface area contributed by atoms with E-state index in [1.165, 1.54) is 0 Å². The standard InChI is InChI=1S/C13H16N2O/c1-9(2)12-8-16-13(15-12)11-5-3-10(7-14)4-6-11/h3-6,8-9H,7,14H2,1-2H3. The van der Waals surface area contributed by atoms with E-state index in [1.54, 1.807) is 6.26 Å². The highest BCUT2D eigenvalue weighted by molar-refractivity contribution is 5.53. The fraction of sp³-hybridized carbons (Fsp3) is 0.308. The first kappa shape index (κ1) is 10.9. The Morgan fingerprint density at radius 1 is 1.25 bits per heavy atom. The summed E-state index contributed by atoms with van der Waals surface area (Å²) in [5, 5.41) is 0. The van der Waals surface area contributed by atoms with Gasteiger partial charge in [0.05, 0.1) is 5.69 Å². The second-order valence-corrected chi connectivity index (χ2v) is 4.13. The molecule has 0 fully saturated rings. The average Bonchev–Trinajstić information content (AvgIpc) is 2.78. The Kier molecular flexibility index (Phi) is 3.06. The van der Waals surface area contributed by atoms with Gasteiger partial charge in [-0.25, -0.2) is 4.98 Å². The van der Waals surface area contributed by atoms with Crippen molar-refractivity contribution in [1.82, 2.24) is 4.98 Å². The first-order valence-electron chi connectivity index (χ1n) is 5.45. The van der Waals surface area contributed by atoms with Crippen molar-refractivity contribution in [2.24, 2.45) is 5.73 Å². The van der Waals surface area contributed by atoms with Crippen LogP contribution in [0.15, 0.2) is 34.9 Å². The van der Waals surface area contributed by atoms with Crippen molar-refractivity contribution < 1.29 is 4.42 Å². The van der Waals surface area contributed by atoms with Gasteiger partial charge in [0, 0.05) is 12.1 Å². The molecule has 1 heterocycles. The zero-order valence-corrected chi connectivity index (χ0v) is 9.60. The molecule has 2 N–H and O–H groups in total. The number of oxazole rings is 1. The van der Waals surface area contributed by atoms with Crippen LogP contribution in [0.25, 0.3) is 11.5 Å². The maximum Gasteiger partial charge on any atom is 0.226 e. The molecule has 0 radical (unpaired) electrons. The van der Waals surface area contributed by atoms with E-state index >= 15 is 0 Å². The third kappa shape index (κ3) is 2.14. The first-order chi connectivity index (χ1) is 7.70. The molecular formula is C13H16N2O. The number of nitrogens with zero attached hydrogens (tertiary/aromatic N) is 1. The minimum Gasteiger partial charge on any atom is -0.444 e. The molecule has 1 aromatic heterocycles. The van der Waals surface area contributed by atoms with Gasteiger partial charge in [0.2, 0.25) is 5.89 Å². The molecule has 0 saturated heterocycles. The van der Waals surface area contributed by atoms with Gasteiger partial charge in [-0.05, 0) is 23.6 Å². The number of hydrogen-bond acceptors (Lipinski definition) is 3. The highest BCUT2D eigenvalue weighted by Gasteiger charge is 2.08. The van der Waals surface area contributed by atoms with Crippen molar-refractivity contribution in [2.75, 3.05) is 0 Å². The van der Waals surface area contributed by atoms with Crippen LogP contribution in [0.2, 0.25) is 0 Å². The van der Waals surface area contributed by atoms with E-state index in [0.29, 0.717) is 18.4 Å². The van der Waals surface area contributed by atoms with E-state index in [1.807, 2.05) is 24.3 Å². The number of benzene rings is 1. The Labute approximate surface area is 95.3 Å². The average molecular weight is 216 g/mol. The van der Waals surface area contributed by atoms with Crippen LogP contribution in [0.3, 0.4) is 0 Å². The molecule has 0 spiro atoms. The second kappa shape index (κ2) is 4.49. The van der Waals surface area contributed by atoms with E-state index in [9.17, 15) is 0 Å². The van der Waals surface area contributed by atoms with Gasteiger partial charge in [0.15, 0.2) is 0 Å². The fourth-order valence-corrected chi connectivity index (χ4v) is 1.47. The summed E-state index contributed by atoms with van der Waals surface area (Å²) in [7, 11) is 0. The lowest BCUT2D eigenvalue weighted by Crippen LogP contribution is -1.95. The maximum atomic E-state index is 5.54. The summed E-state index contributed by atoms with van der Waals surface area (Å²) in [6.45, 7) is 4.75. The van der Waals surface area contributed by atoms with Gasteiger partial charge < -0.3 is 10.2 Å². The molecule has 0 amide bonds. The van der Waals surface area contributed by atoms with Crippen molar-refractivity contribution >= 4 is 0 Å². The molecular weight excluding hydrogens is 200 g/mol. The summed E-state index contributed by atoms with van der Waals surface area (Å²) in [5.41, 5.74) is 8.63. The predicted molar refractivity (Wildman–Crippen MR) is 63.9 cm³/mol. The third-order valence-corrected chi connectivity index (χ3v) is 2.55. The van der Waals surface area contributed by atoms with Crippen LogP contribution in [0.1, 0.15) is 31.0 Å². The Morgan fingerprint density at radius 3 is 2.44 bits per heavy atom. The molecule has 2 rings (SSSR count). The van der Waals surface area contributed by atoms with Crippen LogP contribution in [-0.4, -0.2) is 4.98 Å². The van der Waals surface area contributed by atoms with Gasteiger partial charge in [-0.2, -0.15) is 0 Å². The largest absolute Gasteiger partial charge is 0.444 e. The summed E-state index contributed by atoms with van der Waals surface area (Å²) in [4.78, 5) is 4.44. The lowest BCUT2D eigenvalue weighted by molar-refractivity contribution is 0.571. The van der Waals surface area contributed by atoms with E-state index in [4.69, 9.17) is 10.2 Å². The van der Waals surface area contributed by atoms with Crippen molar-refractivity contribution in [2.45, 2.75) is 26.3 Å². The highest BCUT2D eigenvalue weighted by Crippen LogP contribution is 2.22. The van der Waals surface area contributed by atoms with Crippen molar-refractivity contribution in [3.63, 3.8) is 0 Å². The molecule has 1 aromatic carbocycles. The molecule has 0 saturated carbocycles. The lowest BCUT2D eigenvalue weighted by atomic mass is 10.1. The van der Waals surface area contributed by atoms with Crippen LogP contribution in [-0.2, 0) is 6.54 Å². The van der Waals surface area contributed by atoms with Crippen molar-refractivity contribution in [1.29, 1.82) is 0 Å². The van der Waals surface area contributed by atoms with Crippen LogP contribution >= 0.6 is 0 Å². The summed E-state index contributed by atoms with van der Waals surface area (Å²) in [6.07, 6.45) is 1.72. The zero-order valence-electron chi connectivity index (χ0n) is 9.60. The Bertz CT molecular complexity index is 457. The summed E-state index contributed by atoms with van der Waals surface area (Å²) in [5.74, 6) is 1.06. The molecule has 0 unspecified atom stereocenters. The third-order valence-electron chi connectivity index (χ3n) is 2.55. The van der Waals surface area contributed by atoms with Crippen molar-refractivity contribution in [3.8, 4) is 11.5 Å². The molecule has 16 heavy (non-hydrogen) atoms. The molecule has 2 aromatic rings. The minimum atomic E-state index is 0.390. The van der Waals surface area contributed by atoms with Gasteiger partial charge in [0.1, 0.15) is 6.26 Å². The van der Waals surface area contributed by atoms with Crippen LogP contribution in [0.5, 0.6) is 0 Å². The van der Waals surface area contributed by atoms with E-state index in [0.717, 1.165) is 16.8 Å². The first-order valence-corrected chi connectivity index (χ1v) is 5.45. The molecule has 0 aliphatic heterocycles. The van der Waals surface area contributed by atoms with Crippen LogP contribution in [0.4, 0.5) is 0 Å². The molecule has 0 aliphatic carbocycles. The molecule has 3 nitrogen and oxygen atoms in total. The zero-order chi connectivity index (χ0) is 11.5. The quantitative estimate of drug-likeness (QED) is 0.858. The van der Waals surface area contributed by atoms with Crippen LogP contribution in [0, 0.1) is 0 Å². The Morgan fingerprint density at radius 2 is 1.94 bits per heavy atom. The maximum absolute atomic E-state index is 5.54. The van der Waals surface area contributed by atoms with E-state index < -0.39 is 0 Å². The summed E-state index contributed by atoms with van der Waals surface area (Å²) >= 11 is 0. The summed E-state index contributed by atoms with van der Waals surface area (Å²) in [6, 6.07) is 7.96. The molecule has 0 bridgehead atoms. The highest BCUT2D eigenvalue weighted by atomic mass is 16.3. The number of rotatable bonds is 3. The van der Waals surface area contributed by atoms with Gasteiger partial charge in [-0.15, -0.1) is 0 Å². The lowest BCUT2D eigenvalue weighted by Gasteiger charge is -1.98. The molecule has 3 heteroatoms. The van der Waals surface area contributed by atoms with Gasteiger partial charge in [0.25, 0.3) is 0 Å². The Hall–Kier alpha value is -1.61. The van der Waals surface area contributed by atoms with Crippen molar-refractivity contribution in [3.05, 3.63) is 41.8 Å². The fourth-order valence-electron chi connectivity index (χ4n) is 1.47. The monoisotopic (exact) mass is 216 g/mol. The molecule has 84 valence electrons. The predicted octanol–water partition coefficient (Wildman–Crippen LogP) is 2.92. The molecule has 0 atom stereocenters. The SMILES string of the molecule is CC(C)c1coc(-c2ccc(CN)cc2)n1. The second-order valence-electron chi connectivity index (χ2n) is 4.13. The number of nitrogens with two attached hydrogens (primary N) is 1. The van der Waals surface area contributed by atoms with E-state index in [-0.39, 0.29) is 0 Å². The Balaban J connectivity index is 2.28. The summed E-state index contributed by atoms with van der Waals surface area (Å²) < 4.78 is 5.44. The normalized spacial score (nSPS) is 11.0. The number of aromatic nitrogens is 1. The molecule has 0 aliphatic rings. The van der Waals surface area contributed by atoms with Crippen LogP contribution < -0.4 is 5.73 Å². The van der Waals surface area contributed by atoms with Gasteiger partial charge in [-0.1, -0.05) is 26.0 Å². The number of hydrogen-bond donors (Lipinski definition) is 1. The smallest absolute Gasteiger partial charge is 0.226 e. The van der Waals surface area contributed by atoms with E-state index in [2.05, 4.69) is 18.8 Å². The topological polar surface area (TPSA) is 52.0 Å².